The fourth-order valence-electron chi connectivity index (χ4n) is 2.52. The summed E-state index contributed by atoms with van der Waals surface area (Å²) >= 11 is 0. The van der Waals surface area contributed by atoms with Crippen LogP contribution in [0.4, 0.5) is 13.2 Å². The van der Waals surface area contributed by atoms with Gasteiger partial charge in [0.05, 0.1) is 0 Å². The average molecular weight is 403 g/mol. The number of carbonyl (C=O) groups is 1. The summed E-state index contributed by atoms with van der Waals surface area (Å²) in [6, 6.07) is 13.8. The van der Waals surface area contributed by atoms with Crippen LogP contribution in [0, 0.1) is 0 Å². The zero-order chi connectivity index (χ0) is 20.9. The van der Waals surface area contributed by atoms with E-state index in [4.69, 9.17) is 4.74 Å². The molecule has 1 aromatic heterocycles. The molecule has 0 aliphatic heterocycles. The molecule has 6 nitrogen and oxygen atoms in total. The molecule has 3 rings (SSSR count). The Hall–Kier alpha value is -3.62. The van der Waals surface area contributed by atoms with Gasteiger partial charge in [-0.2, -0.15) is 0 Å². The maximum atomic E-state index is 12.6. The lowest BCUT2D eigenvalue weighted by atomic mass is 10.1. The summed E-state index contributed by atoms with van der Waals surface area (Å²) in [6.07, 6.45) is -1.73. The maximum absolute atomic E-state index is 12.6. The molecule has 2 aromatic carbocycles. The maximum Gasteiger partial charge on any atom is 0.573 e. The molecule has 150 valence electrons. The van der Waals surface area contributed by atoms with Crippen molar-refractivity contribution in [3.05, 3.63) is 78.1 Å². The first-order chi connectivity index (χ1) is 13.8. The van der Waals surface area contributed by atoms with Crippen LogP contribution in [0.5, 0.6) is 17.5 Å². The molecule has 1 heterocycles. The number of rotatable bonds is 6. The normalized spacial score (nSPS) is 11.0. The van der Waals surface area contributed by atoms with E-state index in [9.17, 15) is 18.0 Å². The molecule has 0 spiro atoms. The Kier molecular flexibility index (Phi) is 5.96. The van der Waals surface area contributed by atoms with Crippen LogP contribution >= 0.6 is 0 Å². The second-order valence-electron chi connectivity index (χ2n) is 5.97. The zero-order valence-corrected chi connectivity index (χ0v) is 15.3. The van der Waals surface area contributed by atoms with Crippen molar-refractivity contribution < 1.29 is 27.4 Å². The van der Waals surface area contributed by atoms with Gasteiger partial charge in [0.1, 0.15) is 11.5 Å². The summed E-state index contributed by atoms with van der Waals surface area (Å²) < 4.78 is 47.1. The lowest BCUT2D eigenvalue weighted by molar-refractivity contribution is -0.275. The van der Waals surface area contributed by atoms with Gasteiger partial charge in [-0.25, -0.2) is 9.97 Å². The van der Waals surface area contributed by atoms with E-state index in [-0.39, 0.29) is 29.8 Å². The number of nitrogens with zero attached hydrogens (tertiary/aromatic N) is 3. The molecule has 3 aromatic rings. The molecule has 0 radical (unpaired) electrons. The lowest BCUT2D eigenvalue weighted by Crippen LogP contribution is -2.27. The van der Waals surface area contributed by atoms with Gasteiger partial charge in [0.25, 0.3) is 5.91 Å². The second kappa shape index (κ2) is 8.59. The number of amides is 1. The predicted molar refractivity (Wildman–Crippen MR) is 97.5 cm³/mol. The second-order valence-corrected chi connectivity index (χ2v) is 5.97. The van der Waals surface area contributed by atoms with Gasteiger partial charge < -0.3 is 14.4 Å². The van der Waals surface area contributed by atoms with E-state index in [1.807, 2.05) is 0 Å². The van der Waals surface area contributed by atoms with Crippen molar-refractivity contribution in [1.29, 1.82) is 0 Å². The molecular formula is C20H16F3N3O3. The monoisotopic (exact) mass is 403 g/mol. The highest BCUT2D eigenvalue weighted by Gasteiger charge is 2.32. The lowest BCUT2D eigenvalue weighted by Gasteiger charge is -2.20. The average Bonchev–Trinajstić information content (AvgIpc) is 2.69. The summed E-state index contributed by atoms with van der Waals surface area (Å²) in [4.78, 5) is 21.8. The molecule has 0 aliphatic carbocycles. The summed E-state index contributed by atoms with van der Waals surface area (Å²) in [6.45, 7) is -0.0544. The summed E-state index contributed by atoms with van der Waals surface area (Å²) in [5, 5.41) is 0. The van der Waals surface area contributed by atoms with Gasteiger partial charge in [0.15, 0.2) is 0 Å². The van der Waals surface area contributed by atoms with Crippen LogP contribution in [-0.2, 0) is 6.54 Å². The number of para-hydroxylation sites is 1. The van der Waals surface area contributed by atoms with E-state index < -0.39 is 6.36 Å². The van der Waals surface area contributed by atoms with Crippen molar-refractivity contribution in [2.24, 2.45) is 0 Å². The summed E-state index contributed by atoms with van der Waals surface area (Å²) in [5.74, 6) is -0.264. The minimum atomic E-state index is -4.81. The number of benzene rings is 2. The Bertz CT molecular complexity index is 964. The third-order valence-corrected chi connectivity index (χ3v) is 3.80. The van der Waals surface area contributed by atoms with Gasteiger partial charge >= 0.3 is 12.4 Å². The topological polar surface area (TPSA) is 64.5 Å². The van der Waals surface area contributed by atoms with Crippen molar-refractivity contribution in [1.82, 2.24) is 14.9 Å². The first-order valence-corrected chi connectivity index (χ1v) is 8.46. The first kappa shape index (κ1) is 20.1. The first-order valence-electron chi connectivity index (χ1n) is 8.46. The smallest absolute Gasteiger partial charge is 0.424 e. The van der Waals surface area contributed by atoms with E-state index in [1.165, 1.54) is 42.5 Å². The number of carbonyl (C=O) groups excluding carboxylic acids is 1. The van der Waals surface area contributed by atoms with E-state index in [1.54, 1.807) is 36.4 Å². The SMILES string of the molecule is CN(Cc1ccccc1OC(F)(F)F)C(=O)c1ccc(Oc2ncccn2)cc1. The molecule has 1 amide bonds. The zero-order valence-electron chi connectivity index (χ0n) is 15.3. The minimum Gasteiger partial charge on any atom is -0.424 e. The van der Waals surface area contributed by atoms with Crippen LogP contribution < -0.4 is 9.47 Å². The van der Waals surface area contributed by atoms with Crippen molar-refractivity contribution in [2.75, 3.05) is 7.05 Å². The number of hydrogen-bond acceptors (Lipinski definition) is 5. The Morgan fingerprint density at radius 2 is 1.66 bits per heavy atom. The third kappa shape index (κ3) is 5.68. The molecule has 0 unspecified atom stereocenters. The molecule has 29 heavy (non-hydrogen) atoms. The quantitative estimate of drug-likeness (QED) is 0.609. The molecule has 0 saturated carbocycles. The Balaban J connectivity index is 1.68. The van der Waals surface area contributed by atoms with Gasteiger partial charge in [-0.15, -0.1) is 13.2 Å². The van der Waals surface area contributed by atoms with E-state index in [0.717, 1.165) is 0 Å². The number of alkyl halides is 3. The Morgan fingerprint density at radius 3 is 2.31 bits per heavy atom. The predicted octanol–water partition coefficient (Wildman–Crippen LogP) is 4.44. The fourth-order valence-corrected chi connectivity index (χ4v) is 2.52. The van der Waals surface area contributed by atoms with E-state index in [2.05, 4.69) is 14.7 Å². The molecule has 0 saturated heterocycles. The molecule has 0 bridgehead atoms. The van der Waals surface area contributed by atoms with Gasteiger partial charge in [0.2, 0.25) is 0 Å². The van der Waals surface area contributed by atoms with Crippen LogP contribution in [-0.4, -0.2) is 34.2 Å². The molecule has 0 fully saturated rings. The highest BCUT2D eigenvalue weighted by molar-refractivity contribution is 5.94. The number of hydrogen-bond donors (Lipinski definition) is 0. The minimum absolute atomic E-state index is 0.0544. The van der Waals surface area contributed by atoms with E-state index in [0.29, 0.717) is 11.3 Å². The van der Waals surface area contributed by atoms with Crippen molar-refractivity contribution in [3.63, 3.8) is 0 Å². The Morgan fingerprint density at radius 1 is 1.00 bits per heavy atom. The highest BCUT2D eigenvalue weighted by Crippen LogP contribution is 2.27. The summed E-state index contributed by atoms with van der Waals surface area (Å²) in [5.41, 5.74) is 0.588. The van der Waals surface area contributed by atoms with Gasteiger partial charge in [-0.05, 0) is 36.4 Å². The largest absolute Gasteiger partial charge is 0.573 e. The van der Waals surface area contributed by atoms with Crippen molar-refractivity contribution >= 4 is 5.91 Å². The third-order valence-electron chi connectivity index (χ3n) is 3.80. The van der Waals surface area contributed by atoms with Gasteiger partial charge in [-0.3, -0.25) is 4.79 Å². The van der Waals surface area contributed by atoms with Crippen molar-refractivity contribution in [3.8, 4) is 17.5 Å². The highest BCUT2D eigenvalue weighted by atomic mass is 19.4. The molecule has 0 aliphatic rings. The van der Waals surface area contributed by atoms with Crippen molar-refractivity contribution in [2.45, 2.75) is 12.9 Å². The van der Waals surface area contributed by atoms with Gasteiger partial charge in [0, 0.05) is 37.1 Å². The van der Waals surface area contributed by atoms with Crippen LogP contribution in [0.3, 0.4) is 0 Å². The number of ether oxygens (including phenoxy) is 2. The van der Waals surface area contributed by atoms with Crippen LogP contribution in [0.2, 0.25) is 0 Å². The van der Waals surface area contributed by atoms with Crippen LogP contribution in [0.25, 0.3) is 0 Å². The standard InChI is InChI=1S/C20H16F3N3O3/c1-26(13-15-5-2-3-6-17(15)29-20(21,22)23)18(27)14-7-9-16(10-8-14)28-19-24-11-4-12-25-19/h2-12H,13H2,1H3. The molecular weight excluding hydrogens is 387 g/mol. The van der Waals surface area contributed by atoms with Gasteiger partial charge in [-0.1, -0.05) is 18.2 Å². The number of halogens is 3. The fraction of sp³-hybridized carbons (Fsp3) is 0.150. The van der Waals surface area contributed by atoms with E-state index >= 15 is 0 Å². The Labute approximate surface area is 164 Å². The number of aromatic nitrogens is 2. The molecule has 0 atom stereocenters. The summed E-state index contributed by atoms with van der Waals surface area (Å²) in [7, 11) is 1.49. The van der Waals surface area contributed by atoms with Crippen LogP contribution in [0.1, 0.15) is 15.9 Å². The van der Waals surface area contributed by atoms with Crippen LogP contribution in [0.15, 0.2) is 67.0 Å². The molecule has 0 N–H and O–H groups in total. The molecule has 9 heteroatoms.